The van der Waals surface area contributed by atoms with Crippen molar-refractivity contribution in [3.8, 4) is 0 Å². The van der Waals surface area contributed by atoms with Crippen molar-refractivity contribution in [1.82, 2.24) is 4.90 Å². The summed E-state index contributed by atoms with van der Waals surface area (Å²) in [6.07, 6.45) is 5.66. The molecule has 0 saturated carbocycles. The summed E-state index contributed by atoms with van der Waals surface area (Å²) in [5.41, 5.74) is 5.40. The predicted octanol–water partition coefficient (Wildman–Crippen LogP) is -3.05. The Hall–Kier alpha value is -0.0857. The molecule has 0 saturated heterocycles. The van der Waals surface area contributed by atoms with Crippen molar-refractivity contribution in [2.24, 2.45) is 0 Å². The molecule has 2 nitrogen and oxygen atoms in total. The minimum atomic E-state index is 0. The first-order valence-corrected chi connectivity index (χ1v) is 6.75. The van der Waals surface area contributed by atoms with Gasteiger partial charge in [-0.25, -0.2) is 0 Å². The molecule has 1 aliphatic rings. The minimum absolute atomic E-state index is 0. The van der Waals surface area contributed by atoms with Crippen molar-refractivity contribution in [2.75, 3.05) is 20.6 Å². The summed E-state index contributed by atoms with van der Waals surface area (Å²) in [6, 6.07) is 8.50. The maximum absolute atomic E-state index is 5.27. The third-order valence-corrected chi connectivity index (χ3v) is 3.26. The maximum Gasteiger partial charge on any atom is -1.00 e. The topological polar surface area (TPSA) is 12.5 Å². The molecule has 0 atom stereocenters. The fourth-order valence-electron chi connectivity index (χ4n) is 2.28. The Labute approximate surface area is 146 Å². The van der Waals surface area contributed by atoms with E-state index < -0.39 is 0 Å². The normalized spacial score (nSPS) is 13.4. The number of hydrogen-bond acceptors (Lipinski definition) is 2. The second-order valence-electron chi connectivity index (χ2n) is 4.84. The molecule has 0 fully saturated rings. The van der Waals surface area contributed by atoms with Gasteiger partial charge in [-0.05, 0) is 0 Å². The first-order valence-electron chi connectivity index (χ1n) is 6.12. The second-order valence-corrected chi connectivity index (χ2v) is 5.29. The van der Waals surface area contributed by atoms with Crippen LogP contribution < -0.4 is 24.8 Å². The van der Waals surface area contributed by atoms with Crippen molar-refractivity contribution in [1.29, 1.82) is 0 Å². The zero-order valence-corrected chi connectivity index (χ0v) is 14.8. The number of likely N-dealkylation sites (N-methyl/N-ethyl adjacent to an activating group) is 1. The Bertz CT molecular complexity index is 487. The van der Waals surface area contributed by atoms with Gasteiger partial charge in [0.15, 0.2) is 0 Å². The molecule has 0 bridgehead atoms. The van der Waals surface area contributed by atoms with Gasteiger partial charge in [-0.1, -0.05) is 0 Å². The van der Waals surface area contributed by atoms with Crippen molar-refractivity contribution >= 4 is 5.57 Å². The van der Waals surface area contributed by atoms with E-state index in [4.69, 9.17) is 3.32 Å². The Morgan fingerprint density at radius 2 is 1.90 bits per heavy atom. The van der Waals surface area contributed by atoms with E-state index >= 15 is 0 Å². The van der Waals surface area contributed by atoms with Gasteiger partial charge >= 0.3 is 121 Å². The fourth-order valence-corrected chi connectivity index (χ4v) is 2.53. The fraction of sp³-hybridized carbons (Fsp3) is 0.333. The van der Waals surface area contributed by atoms with Crippen molar-refractivity contribution in [3.05, 3.63) is 53.1 Å². The molecule has 0 spiro atoms. The summed E-state index contributed by atoms with van der Waals surface area (Å²) in [6.45, 7) is 1.69. The standard InChI is InChI=1S/C15H18NO.2ClH.Ti/c1-16(2)10-12-7-8-13(9-12)15-6-4-3-5-14(15)11-17;;;/h3-7,9H,8,10-11H2,1-2H3;2*1H;/q-1;;;+3/p-2. The van der Waals surface area contributed by atoms with Gasteiger partial charge in [0.25, 0.3) is 0 Å². The van der Waals surface area contributed by atoms with Crippen molar-refractivity contribution in [2.45, 2.75) is 13.0 Å². The summed E-state index contributed by atoms with van der Waals surface area (Å²) in [7, 11) is 4.21. The van der Waals surface area contributed by atoms with Gasteiger partial charge in [0.2, 0.25) is 0 Å². The van der Waals surface area contributed by atoms with Gasteiger partial charge in [-0.2, -0.15) is 0 Å². The Balaban J connectivity index is 0.00000180. The SMILES string of the molecule is CN(C)CC1=CCC(c2ccccc2C[O][Ti+2])=C1.[Cl-].[Cl-]. The Morgan fingerprint density at radius 1 is 1.20 bits per heavy atom. The first-order chi connectivity index (χ1) is 8.70. The second kappa shape index (κ2) is 9.78. The van der Waals surface area contributed by atoms with E-state index in [1.165, 1.54) is 22.3 Å². The quantitative estimate of drug-likeness (QED) is 0.525. The van der Waals surface area contributed by atoms with Crippen LogP contribution in [0.2, 0.25) is 0 Å². The van der Waals surface area contributed by atoms with E-state index in [-0.39, 0.29) is 24.8 Å². The third kappa shape index (κ3) is 5.36. The number of hydrogen-bond donors (Lipinski definition) is 0. The zero-order chi connectivity index (χ0) is 13.0. The van der Waals surface area contributed by atoms with E-state index in [1.54, 1.807) is 20.8 Å². The molecule has 0 aromatic heterocycles. The van der Waals surface area contributed by atoms with E-state index in [0.29, 0.717) is 6.61 Å². The van der Waals surface area contributed by atoms with Crippen LogP contribution in [-0.2, 0) is 30.7 Å². The molecular formula is C15H18Cl2NOTi. The van der Waals surface area contributed by atoms with E-state index in [1.807, 2.05) is 0 Å². The number of halogens is 2. The molecule has 20 heavy (non-hydrogen) atoms. The van der Waals surface area contributed by atoms with Gasteiger partial charge < -0.3 is 24.8 Å². The molecule has 1 aromatic carbocycles. The monoisotopic (exact) mass is 346 g/mol. The van der Waals surface area contributed by atoms with Crippen LogP contribution in [0.25, 0.3) is 5.57 Å². The van der Waals surface area contributed by atoms with Crippen LogP contribution in [-0.4, -0.2) is 25.5 Å². The predicted molar refractivity (Wildman–Crippen MR) is 70.5 cm³/mol. The molecule has 107 valence electrons. The molecule has 0 unspecified atom stereocenters. The molecule has 0 aliphatic heterocycles. The molecule has 2 rings (SSSR count). The average molecular weight is 347 g/mol. The molecule has 0 heterocycles. The minimum Gasteiger partial charge on any atom is -1.00 e. The van der Waals surface area contributed by atoms with Gasteiger partial charge in [0, 0.05) is 0 Å². The molecule has 1 aromatic rings. The summed E-state index contributed by atoms with van der Waals surface area (Å²) in [4.78, 5) is 2.20. The molecule has 0 radical (unpaired) electrons. The maximum atomic E-state index is 5.27. The zero-order valence-electron chi connectivity index (χ0n) is 11.7. The van der Waals surface area contributed by atoms with Gasteiger partial charge in [-0.3, -0.25) is 0 Å². The average Bonchev–Trinajstić information content (AvgIpc) is 2.77. The van der Waals surface area contributed by atoms with Gasteiger partial charge in [0.05, 0.1) is 0 Å². The Morgan fingerprint density at radius 3 is 2.55 bits per heavy atom. The van der Waals surface area contributed by atoms with E-state index in [2.05, 4.69) is 55.4 Å². The summed E-state index contributed by atoms with van der Waals surface area (Å²) in [5, 5.41) is 0. The molecule has 0 amide bonds. The summed E-state index contributed by atoms with van der Waals surface area (Å²) >= 11 is 1.75. The number of nitrogens with zero attached hydrogens (tertiary/aromatic N) is 1. The number of benzene rings is 1. The molecule has 5 heteroatoms. The molecular weight excluding hydrogens is 329 g/mol. The van der Waals surface area contributed by atoms with Crippen LogP contribution in [0.1, 0.15) is 17.5 Å². The van der Waals surface area contributed by atoms with Crippen LogP contribution in [0, 0.1) is 0 Å². The van der Waals surface area contributed by atoms with Gasteiger partial charge in [-0.15, -0.1) is 0 Å². The number of rotatable bonds is 5. The van der Waals surface area contributed by atoms with Crippen molar-refractivity contribution < 1.29 is 49.0 Å². The van der Waals surface area contributed by atoms with E-state index in [9.17, 15) is 0 Å². The summed E-state index contributed by atoms with van der Waals surface area (Å²) < 4.78 is 5.27. The smallest absolute Gasteiger partial charge is 1.00 e. The Kier molecular flexibility index (Phi) is 9.74. The molecule has 0 N–H and O–H groups in total. The van der Waals surface area contributed by atoms with Crippen LogP contribution in [0.15, 0.2) is 42.0 Å². The van der Waals surface area contributed by atoms with Crippen molar-refractivity contribution in [3.63, 3.8) is 0 Å². The first kappa shape index (κ1) is 19.9. The third-order valence-electron chi connectivity index (χ3n) is 3.03. The van der Waals surface area contributed by atoms with E-state index in [0.717, 1.165) is 13.0 Å². The largest absolute Gasteiger partial charge is 1.00 e. The summed E-state index contributed by atoms with van der Waals surface area (Å²) in [5.74, 6) is 0. The number of allylic oxidation sites excluding steroid dienone is 2. The molecule has 1 aliphatic carbocycles. The van der Waals surface area contributed by atoms with Crippen LogP contribution in [0.5, 0.6) is 0 Å². The van der Waals surface area contributed by atoms with Crippen LogP contribution in [0.4, 0.5) is 0 Å². The van der Waals surface area contributed by atoms with Crippen LogP contribution >= 0.6 is 0 Å². The van der Waals surface area contributed by atoms with Gasteiger partial charge in [0.1, 0.15) is 0 Å². The van der Waals surface area contributed by atoms with Crippen LogP contribution in [0.3, 0.4) is 0 Å².